The largest absolute Gasteiger partial charge is 0.457 e. The van der Waals surface area contributed by atoms with Crippen LogP contribution in [0.15, 0.2) is 52.5 Å². The second-order valence-corrected chi connectivity index (χ2v) is 4.54. The highest BCUT2D eigenvalue weighted by Gasteiger charge is 2.13. The molecule has 0 aliphatic heterocycles. The Morgan fingerprint density at radius 1 is 1.25 bits per heavy atom. The number of furan rings is 1. The zero-order valence-corrected chi connectivity index (χ0v) is 11.4. The predicted molar refractivity (Wildman–Crippen MR) is 77.8 cm³/mol. The molecule has 0 spiro atoms. The number of nitrogens with one attached hydrogen (secondary N) is 1. The third-order valence-electron chi connectivity index (χ3n) is 2.73. The Bertz CT molecular complexity index is 689. The van der Waals surface area contributed by atoms with Gasteiger partial charge >= 0.3 is 0 Å². The highest BCUT2D eigenvalue weighted by atomic mass is 16.3. The zero-order chi connectivity index (χ0) is 14.7. The number of rotatable bonds is 3. The van der Waals surface area contributed by atoms with E-state index in [0.717, 1.165) is 11.0 Å². The fraction of sp³-hybridized carbons (Fsp3) is 0.125. The number of imide groups is 1. The van der Waals surface area contributed by atoms with Gasteiger partial charge in [0.25, 0.3) is 5.91 Å². The first-order chi connectivity index (χ1) is 9.47. The molecule has 1 aromatic heterocycles. The van der Waals surface area contributed by atoms with Crippen molar-refractivity contribution in [2.75, 3.05) is 0 Å². The van der Waals surface area contributed by atoms with E-state index < -0.39 is 11.8 Å². The molecule has 0 fully saturated rings. The van der Waals surface area contributed by atoms with Crippen LogP contribution in [0.25, 0.3) is 17.0 Å². The first-order valence-electron chi connectivity index (χ1n) is 6.15. The fourth-order valence-corrected chi connectivity index (χ4v) is 1.83. The summed E-state index contributed by atoms with van der Waals surface area (Å²) in [6.45, 7) is 6.74. The van der Waals surface area contributed by atoms with Gasteiger partial charge in [-0.25, -0.2) is 0 Å². The monoisotopic (exact) mass is 269 g/mol. The quantitative estimate of drug-likeness (QED) is 0.688. The molecule has 20 heavy (non-hydrogen) atoms. The maximum atomic E-state index is 11.9. The van der Waals surface area contributed by atoms with Gasteiger partial charge in [-0.1, -0.05) is 24.8 Å². The summed E-state index contributed by atoms with van der Waals surface area (Å²) in [4.78, 5) is 22.9. The van der Waals surface area contributed by atoms with Crippen LogP contribution in [-0.2, 0) is 9.59 Å². The molecule has 102 valence electrons. The van der Waals surface area contributed by atoms with Crippen molar-refractivity contribution in [3.8, 4) is 0 Å². The second kappa shape index (κ2) is 5.57. The van der Waals surface area contributed by atoms with Crippen LogP contribution in [0.1, 0.15) is 19.6 Å². The molecule has 0 radical (unpaired) electrons. The molecule has 0 bridgehead atoms. The number of carbonyl (C=O) groups excluding carboxylic acids is 2. The zero-order valence-electron chi connectivity index (χ0n) is 11.4. The number of carbonyl (C=O) groups is 2. The Labute approximate surface area is 116 Å². The minimum Gasteiger partial charge on any atom is -0.457 e. The maximum absolute atomic E-state index is 11.9. The molecule has 4 heteroatoms. The lowest BCUT2D eigenvalue weighted by Crippen LogP contribution is -2.29. The molecule has 0 aliphatic rings. The van der Waals surface area contributed by atoms with E-state index in [0.29, 0.717) is 16.9 Å². The molecule has 0 saturated carbocycles. The van der Waals surface area contributed by atoms with Crippen LogP contribution < -0.4 is 5.32 Å². The Hall–Kier alpha value is -2.62. The van der Waals surface area contributed by atoms with Gasteiger partial charge in [0.1, 0.15) is 11.3 Å². The lowest BCUT2D eigenvalue weighted by Gasteiger charge is -2.05. The molecule has 0 aliphatic carbocycles. The first-order valence-corrected chi connectivity index (χ1v) is 6.15. The summed E-state index contributed by atoms with van der Waals surface area (Å²) in [7, 11) is 0. The maximum Gasteiger partial charge on any atom is 0.258 e. The van der Waals surface area contributed by atoms with Crippen LogP contribution in [0.5, 0.6) is 0 Å². The van der Waals surface area contributed by atoms with Gasteiger partial charge in [0, 0.05) is 17.9 Å². The normalized spacial score (nSPS) is 11.4. The van der Waals surface area contributed by atoms with Crippen molar-refractivity contribution in [3.05, 3.63) is 53.8 Å². The van der Waals surface area contributed by atoms with Gasteiger partial charge in [-0.3, -0.25) is 14.9 Å². The van der Waals surface area contributed by atoms with E-state index >= 15 is 0 Å². The Balaban J connectivity index is 2.40. The number of fused-ring (bicyclic) bond motifs is 1. The molecule has 2 aromatic rings. The molecule has 1 aromatic carbocycles. The van der Waals surface area contributed by atoms with Crippen molar-refractivity contribution >= 4 is 28.9 Å². The van der Waals surface area contributed by atoms with Gasteiger partial charge in [-0.15, -0.1) is 0 Å². The minimum atomic E-state index is -0.481. The van der Waals surface area contributed by atoms with Crippen molar-refractivity contribution in [2.24, 2.45) is 0 Å². The molecular formula is C16H15NO3. The third-order valence-corrected chi connectivity index (χ3v) is 2.73. The number of hydrogen-bond donors (Lipinski definition) is 1. The van der Waals surface area contributed by atoms with E-state index in [1.165, 1.54) is 6.92 Å². The third kappa shape index (κ3) is 3.03. The number of hydrogen-bond acceptors (Lipinski definition) is 3. The van der Waals surface area contributed by atoms with E-state index in [4.69, 9.17) is 4.42 Å². The lowest BCUT2D eigenvalue weighted by atomic mass is 10.1. The SMILES string of the molecule is C=C(C)/C(=C\c1cc2ccccc2o1)C(=O)NC(C)=O. The van der Waals surface area contributed by atoms with Crippen LogP contribution in [0.4, 0.5) is 0 Å². The molecule has 0 unspecified atom stereocenters. The van der Waals surface area contributed by atoms with Crippen LogP contribution in [0.3, 0.4) is 0 Å². The van der Waals surface area contributed by atoms with E-state index in [1.54, 1.807) is 13.0 Å². The second-order valence-electron chi connectivity index (χ2n) is 4.54. The van der Waals surface area contributed by atoms with Gasteiger partial charge in [0.15, 0.2) is 0 Å². The molecule has 2 rings (SSSR count). The average molecular weight is 269 g/mol. The fourth-order valence-electron chi connectivity index (χ4n) is 1.83. The van der Waals surface area contributed by atoms with Crippen molar-refractivity contribution in [1.82, 2.24) is 5.32 Å². The van der Waals surface area contributed by atoms with Crippen molar-refractivity contribution in [2.45, 2.75) is 13.8 Å². The number of para-hydroxylation sites is 1. The highest BCUT2D eigenvalue weighted by Crippen LogP contribution is 2.22. The summed E-state index contributed by atoms with van der Waals surface area (Å²) < 4.78 is 5.62. The lowest BCUT2D eigenvalue weighted by molar-refractivity contribution is -0.126. The summed E-state index contributed by atoms with van der Waals surface area (Å²) in [5, 5.41) is 3.18. The van der Waals surface area contributed by atoms with Crippen molar-refractivity contribution in [3.63, 3.8) is 0 Å². The van der Waals surface area contributed by atoms with Gasteiger partial charge < -0.3 is 4.42 Å². The van der Waals surface area contributed by atoms with E-state index in [-0.39, 0.29) is 0 Å². The molecule has 4 nitrogen and oxygen atoms in total. The molecule has 0 saturated heterocycles. The number of amides is 2. The van der Waals surface area contributed by atoms with Crippen LogP contribution >= 0.6 is 0 Å². The van der Waals surface area contributed by atoms with Crippen LogP contribution in [0, 0.1) is 0 Å². The summed E-state index contributed by atoms with van der Waals surface area (Å²) in [6.07, 6.45) is 1.58. The van der Waals surface area contributed by atoms with Gasteiger partial charge in [0.2, 0.25) is 5.91 Å². The van der Waals surface area contributed by atoms with E-state index in [1.807, 2.05) is 30.3 Å². The average Bonchev–Trinajstić information content (AvgIpc) is 2.76. The van der Waals surface area contributed by atoms with Crippen molar-refractivity contribution < 1.29 is 14.0 Å². The predicted octanol–water partition coefficient (Wildman–Crippen LogP) is 3.06. The molecule has 2 amide bonds. The molecule has 1 heterocycles. The Kier molecular flexibility index (Phi) is 3.84. The summed E-state index contributed by atoms with van der Waals surface area (Å²) in [6, 6.07) is 9.39. The molecular weight excluding hydrogens is 254 g/mol. The summed E-state index contributed by atoms with van der Waals surface area (Å²) in [5.74, 6) is -0.347. The molecule has 1 N–H and O–H groups in total. The standard InChI is InChI=1S/C16H15NO3/c1-10(2)14(16(19)17-11(3)18)9-13-8-12-6-4-5-7-15(12)20-13/h4-9H,1H2,2-3H3,(H,17,18,19)/b14-9+. The topological polar surface area (TPSA) is 59.3 Å². The van der Waals surface area contributed by atoms with E-state index in [2.05, 4.69) is 11.9 Å². The van der Waals surface area contributed by atoms with Crippen molar-refractivity contribution in [1.29, 1.82) is 0 Å². The Morgan fingerprint density at radius 2 is 1.95 bits per heavy atom. The van der Waals surface area contributed by atoms with Crippen LogP contribution in [0.2, 0.25) is 0 Å². The van der Waals surface area contributed by atoms with Gasteiger partial charge in [-0.05, 0) is 30.7 Å². The highest BCUT2D eigenvalue weighted by molar-refractivity contribution is 6.08. The summed E-state index contributed by atoms with van der Waals surface area (Å²) >= 11 is 0. The Morgan fingerprint density at radius 3 is 2.55 bits per heavy atom. The van der Waals surface area contributed by atoms with E-state index in [9.17, 15) is 9.59 Å². The smallest absolute Gasteiger partial charge is 0.258 e. The van der Waals surface area contributed by atoms with Gasteiger partial charge in [-0.2, -0.15) is 0 Å². The minimum absolute atomic E-state index is 0.319. The summed E-state index contributed by atoms with van der Waals surface area (Å²) in [5.41, 5.74) is 1.62. The van der Waals surface area contributed by atoms with Crippen LogP contribution in [-0.4, -0.2) is 11.8 Å². The number of benzene rings is 1. The van der Waals surface area contributed by atoms with Gasteiger partial charge in [0.05, 0.1) is 0 Å². The molecule has 0 atom stereocenters. The first kappa shape index (κ1) is 13.8.